The minimum absolute atomic E-state index is 0.0588. The third-order valence-corrected chi connectivity index (χ3v) is 4.50. The molecule has 0 saturated carbocycles. The highest BCUT2D eigenvalue weighted by atomic mass is 16.2. The Morgan fingerprint density at radius 1 is 1.33 bits per heavy atom. The van der Waals surface area contributed by atoms with Gasteiger partial charge in [-0.15, -0.1) is 0 Å². The molecule has 5 heteroatoms. The zero-order chi connectivity index (χ0) is 14.2. The van der Waals surface area contributed by atoms with Crippen molar-refractivity contribution < 1.29 is 4.79 Å². The Morgan fingerprint density at radius 2 is 2.29 bits per heavy atom. The van der Waals surface area contributed by atoms with E-state index < -0.39 is 0 Å². The summed E-state index contributed by atoms with van der Waals surface area (Å²) in [7, 11) is 0. The minimum Gasteiger partial charge on any atom is -0.333 e. The van der Waals surface area contributed by atoms with E-state index in [0.29, 0.717) is 12.1 Å². The van der Waals surface area contributed by atoms with Gasteiger partial charge in [0.1, 0.15) is 0 Å². The van der Waals surface area contributed by atoms with Crippen molar-refractivity contribution in [3.8, 4) is 11.3 Å². The number of hydrogen-bond acceptors (Lipinski definition) is 3. The first kappa shape index (κ1) is 12.6. The lowest BCUT2D eigenvalue weighted by molar-refractivity contribution is 0.236. The molecule has 2 aliphatic heterocycles. The largest absolute Gasteiger partial charge is 0.333 e. The second-order valence-corrected chi connectivity index (χ2v) is 5.86. The third-order valence-electron chi connectivity index (χ3n) is 4.50. The van der Waals surface area contributed by atoms with Crippen LogP contribution in [-0.4, -0.2) is 33.7 Å². The van der Waals surface area contributed by atoms with Crippen LogP contribution >= 0.6 is 0 Å². The molecule has 4 rings (SSSR count). The molecule has 2 aliphatic rings. The maximum absolute atomic E-state index is 12.3. The Bertz CT molecular complexity index is 651. The van der Waals surface area contributed by atoms with Gasteiger partial charge in [-0.1, -0.05) is 6.07 Å². The standard InChI is InChI=1S/C16H18N4O/c21-16(19-15-9-12-4-5-14(15)18-12)20-8-6-11(10-20)13-3-1-2-7-17-13/h1-3,6-8,10,12,14-15,18H,4-5,9H2,(H,19,21)/t12-,14+,15-/m1/s1. The quantitative estimate of drug-likeness (QED) is 0.885. The lowest BCUT2D eigenvalue weighted by Gasteiger charge is -2.21. The summed E-state index contributed by atoms with van der Waals surface area (Å²) >= 11 is 0. The number of amides is 1. The molecular weight excluding hydrogens is 264 g/mol. The number of pyridine rings is 1. The maximum Gasteiger partial charge on any atom is 0.325 e. The molecule has 5 nitrogen and oxygen atoms in total. The SMILES string of the molecule is O=C(N[C@@H]1C[C@H]2CC[C@@H]1N2)n1ccc(-c2ccccn2)c1. The first-order valence-electron chi connectivity index (χ1n) is 7.46. The van der Waals surface area contributed by atoms with Crippen molar-refractivity contribution in [2.45, 2.75) is 37.4 Å². The molecule has 0 unspecified atom stereocenters. The van der Waals surface area contributed by atoms with Gasteiger partial charge in [0.15, 0.2) is 0 Å². The fraction of sp³-hybridized carbons (Fsp3) is 0.375. The van der Waals surface area contributed by atoms with Crippen LogP contribution in [-0.2, 0) is 0 Å². The van der Waals surface area contributed by atoms with Crippen molar-refractivity contribution in [3.05, 3.63) is 42.9 Å². The second kappa shape index (κ2) is 5.00. The molecule has 2 saturated heterocycles. The first-order valence-corrected chi connectivity index (χ1v) is 7.46. The summed E-state index contributed by atoms with van der Waals surface area (Å²) in [6.07, 6.45) is 8.83. The summed E-state index contributed by atoms with van der Waals surface area (Å²) in [5, 5.41) is 6.66. The second-order valence-electron chi connectivity index (χ2n) is 5.86. The van der Waals surface area contributed by atoms with Crippen LogP contribution in [0.5, 0.6) is 0 Å². The third kappa shape index (κ3) is 2.34. The van der Waals surface area contributed by atoms with Crippen molar-refractivity contribution >= 4 is 6.03 Å². The predicted molar refractivity (Wildman–Crippen MR) is 79.9 cm³/mol. The molecule has 108 valence electrons. The molecule has 0 spiro atoms. The lowest BCUT2D eigenvalue weighted by Crippen LogP contribution is -2.44. The number of nitrogens with zero attached hydrogens (tertiary/aromatic N) is 2. The minimum atomic E-state index is -0.0588. The van der Waals surface area contributed by atoms with E-state index in [1.54, 1.807) is 17.0 Å². The van der Waals surface area contributed by atoms with Crippen LogP contribution in [0, 0.1) is 0 Å². The van der Waals surface area contributed by atoms with Gasteiger partial charge in [-0.3, -0.25) is 9.55 Å². The molecule has 0 aromatic carbocycles. The lowest BCUT2D eigenvalue weighted by atomic mass is 9.96. The Balaban J connectivity index is 1.47. The van der Waals surface area contributed by atoms with Crippen molar-refractivity contribution in [3.63, 3.8) is 0 Å². The van der Waals surface area contributed by atoms with Gasteiger partial charge in [0.05, 0.1) is 5.69 Å². The molecule has 2 N–H and O–H groups in total. The highest BCUT2D eigenvalue weighted by Crippen LogP contribution is 2.28. The summed E-state index contributed by atoms with van der Waals surface area (Å²) in [5.41, 5.74) is 1.84. The van der Waals surface area contributed by atoms with E-state index in [4.69, 9.17) is 0 Å². The zero-order valence-electron chi connectivity index (χ0n) is 11.7. The normalized spacial score (nSPS) is 27.0. The van der Waals surface area contributed by atoms with Crippen LogP contribution in [0.15, 0.2) is 42.9 Å². The van der Waals surface area contributed by atoms with Crippen LogP contribution in [0.25, 0.3) is 11.3 Å². The van der Waals surface area contributed by atoms with Gasteiger partial charge >= 0.3 is 6.03 Å². The van der Waals surface area contributed by atoms with Crippen LogP contribution in [0.2, 0.25) is 0 Å². The van der Waals surface area contributed by atoms with Crippen LogP contribution in [0.3, 0.4) is 0 Å². The summed E-state index contributed by atoms with van der Waals surface area (Å²) < 4.78 is 1.61. The topological polar surface area (TPSA) is 59.0 Å². The molecular formula is C16H18N4O. The maximum atomic E-state index is 12.3. The van der Waals surface area contributed by atoms with Crippen molar-refractivity contribution in [1.29, 1.82) is 0 Å². The molecule has 2 aromatic rings. The Labute approximate surface area is 123 Å². The Morgan fingerprint density at radius 3 is 3.00 bits per heavy atom. The average molecular weight is 282 g/mol. The van der Waals surface area contributed by atoms with E-state index >= 15 is 0 Å². The van der Waals surface area contributed by atoms with Crippen molar-refractivity contribution in [2.24, 2.45) is 0 Å². The van der Waals surface area contributed by atoms with Gasteiger partial charge < -0.3 is 10.6 Å². The van der Waals surface area contributed by atoms with Gasteiger partial charge in [-0.2, -0.15) is 0 Å². The smallest absolute Gasteiger partial charge is 0.325 e. The van der Waals surface area contributed by atoms with E-state index in [0.717, 1.165) is 17.7 Å². The van der Waals surface area contributed by atoms with Gasteiger partial charge in [0, 0.05) is 42.3 Å². The van der Waals surface area contributed by atoms with Gasteiger partial charge in [0.2, 0.25) is 0 Å². The monoisotopic (exact) mass is 282 g/mol. The molecule has 0 aliphatic carbocycles. The highest BCUT2D eigenvalue weighted by Gasteiger charge is 2.39. The van der Waals surface area contributed by atoms with Gasteiger partial charge in [0.25, 0.3) is 0 Å². The number of rotatable bonds is 2. The molecule has 21 heavy (non-hydrogen) atoms. The van der Waals surface area contributed by atoms with E-state index in [9.17, 15) is 4.79 Å². The van der Waals surface area contributed by atoms with E-state index in [2.05, 4.69) is 15.6 Å². The van der Waals surface area contributed by atoms with Crippen LogP contribution in [0.4, 0.5) is 4.79 Å². The molecule has 2 bridgehead atoms. The number of nitrogens with one attached hydrogen (secondary N) is 2. The Hall–Kier alpha value is -2.14. The summed E-state index contributed by atoms with van der Waals surface area (Å²) in [4.78, 5) is 16.6. The number of aromatic nitrogens is 2. The fourth-order valence-electron chi connectivity index (χ4n) is 3.42. The highest BCUT2D eigenvalue weighted by molar-refractivity contribution is 5.79. The van der Waals surface area contributed by atoms with E-state index in [1.165, 1.54) is 12.8 Å². The first-order chi connectivity index (χ1) is 10.3. The van der Waals surface area contributed by atoms with E-state index in [-0.39, 0.29) is 12.1 Å². The molecule has 4 heterocycles. The van der Waals surface area contributed by atoms with Crippen LogP contribution < -0.4 is 10.6 Å². The molecule has 3 atom stereocenters. The number of carbonyl (C=O) groups excluding carboxylic acids is 1. The number of hydrogen-bond donors (Lipinski definition) is 2. The molecule has 1 amide bonds. The average Bonchev–Trinajstić information content (AvgIpc) is 3.24. The molecule has 2 fully saturated rings. The van der Waals surface area contributed by atoms with E-state index in [1.807, 2.05) is 30.5 Å². The summed E-state index contributed by atoms with van der Waals surface area (Å²) in [5.74, 6) is 0. The number of carbonyl (C=O) groups is 1. The predicted octanol–water partition coefficient (Wildman–Crippen LogP) is 2.00. The molecule has 0 radical (unpaired) electrons. The summed E-state index contributed by atoms with van der Waals surface area (Å²) in [6.45, 7) is 0. The zero-order valence-corrected chi connectivity index (χ0v) is 11.7. The van der Waals surface area contributed by atoms with Gasteiger partial charge in [-0.05, 0) is 37.5 Å². The molecule has 2 aromatic heterocycles. The van der Waals surface area contributed by atoms with Crippen LogP contribution in [0.1, 0.15) is 19.3 Å². The van der Waals surface area contributed by atoms with Gasteiger partial charge in [-0.25, -0.2) is 4.79 Å². The summed E-state index contributed by atoms with van der Waals surface area (Å²) in [6, 6.07) is 8.93. The number of fused-ring (bicyclic) bond motifs is 2. The Kier molecular flexibility index (Phi) is 3.00. The van der Waals surface area contributed by atoms with Crippen molar-refractivity contribution in [1.82, 2.24) is 20.2 Å². The fourth-order valence-corrected chi connectivity index (χ4v) is 3.42. The van der Waals surface area contributed by atoms with Crippen molar-refractivity contribution in [2.75, 3.05) is 0 Å².